The fourth-order valence-electron chi connectivity index (χ4n) is 1.73. The Kier molecular flexibility index (Phi) is 4.73. The summed E-state index contributed by atoms with van der Waals surface area (Å²) in [6, 6.07) is 6.86. The number of aromatic nitrogens is 2. The zero-order valence-corrected chi connectivity index (χ0v) is 12.8. The van der Waals surface area contributed by atoms with Crippen LogP contribution in [0.3, 0.4) is 0 Å². The van der Waals surface area contributed by atoms with Crippen molar-refractivity contribution in [1.82, 2.24) is 9.97 Å². The van der Waals surface area contributed by atoms with Crippen molar-refractivity contribution in [3.8, 4) is 17.0 Å². The molecule has 1 aromatic heterocycles. The van der Waals surface area contributed by atoms with Crippen molar-refractivity contribution in [3.05, 3.63) is 45.5 Å². The lowest BCUT2D eigenvalue weighted by molar-refractivity contribution is 0.451. The first-order valence-electron chi connectivity index (χ1n) is 6.17. The minimum absolute atomic E-state index is 0.105. The predicted molar refractivity (Wildman–Crippen MR) is 83.4 cm³/mol. The molecule has 2 rings (SSSR count). The normalized spacial score (nSPS) is 11.0. The lowest BCUT2D eigenvalue weighted by Crippen LogP contribution is -2.14. The molecule has 0 bridgehead atoms. The highest BCUT2D eigenvalue weighted by atomic mass is 35.5. The van der Waals surface area contributed by atoms with E-state index in [4.69, 9.17) is 11.6 Å². The Bertz CT molecular complexity index is 670. The van der Waals surface area contributed by atoms with E-state index in [1.54, 1.807) is 36.0 Å². The summed E-state index contributed by atoms with van der Waals surface area (Å²) in [5.74, 6) is 0.715. The number of aromatic amines is 1. The van der Waals surface area contributed by atoms with Gasteiger partial charge in [-0.05, 0) is 11.3 Å². The molecule has 0 spiro atoms. The number of aromatic hydroxyl groups is 1. The Morgan fingerprint density at radius 2 is 2.10 bits per heavy atom. The number of hydrogen-bond donors (Lipinski definition) is 2. The highest BCUT2D eigenvalue weighted by Crippen LogP contribution is 2.30. The number of thioether (sulfide) groups is 1. The molecule has 0 saturated heterocycles. The summed E-state index contributed by atoms with van der Waals surface area (Å²) < 4.78 is 0. The second kappa shape index (κ2) is 6.33. The fraction of sp³-hybridized carbons (Fsp3) is 0.286. The van der Waals surface area contributed by atoms with Gasteiger partial charge in [0.25, 0.3) is 5.56 Å². The highest BCUT2D eigenvalue weighted by molar-refractivity contribution is 7.99. The van der Waals surface area contributed by atoms with Gasteiger partial charge in [-0.25, -0.2) is 0 Å². The fourth-order valence-corrected chi connectivity index (χ4v) is 2.59. The van der Waals surface area contributed by atoms with Gasteiger partial charge in [0.15, 0.2) is 0 Å². The Morgan fingerprint density at radius 3 is 2.70 bits per heavy atom. The van der Waals surface area contributed by atoms with Gasteiger partial charge in [0, 0.05) is 10.6 Å². The summed E-state index contributed by atoms with van der Waals surface area (Å²) in [6.45, 7) is 4.11. The van der Waals surface area contributed by atoms with Gasteiger partial charge in [-0.15, -0.1) is 0 Å². The molecule has 0 unspecified atom stereocenters. The molecule has 0 aliphatic carbocycles. The molecule has 0 radical (unpaired) electrons. The molecule has 20 heavy (non-hydrogen) atoms. The lowest BCUT2D eigenvalue weighted by atomic mass is 10.1. The minimum atomic E-state index is -0.384. The molecule has 1 heterocycles. The number of nitrogens with zero attached hydrogens (tertiary/aromatic N) is 1. The van der Waals surface area contributed by atoms with Crippen LogP contribution in [0.4, 0.5) is 0 Å². The third-order valence-electron chi connectivity index (χ3n) is 2.65. The van der Waals surface area contributed by atoms with Crippen LogP contribution in [0.2, 0.25) is 5.02 Å². The van der Waals surface area contributed by atoms with Crippen LogP contribution < -0.4 is 5.56 Å². The van der Waals surface area contributed by atoms with Crippen molar-refractivity contribution in [1.29, 1.82) is 0 Å². The van der Waals surface area contributed by atoms with Crippen LogP contribution in [0.1, 0.15) is 19.7 Å². The number of hydrogen-bond acceptors (Lipinski definition) is 4. The number of halogens is 1. The van der Waals surface area contributed by atoms with Crippen molar-refractivity contribution >= 4 is 23.4 Å². The largest absolute Gasteiger partial charge is 0.493 e. The standard InChI is InChI=1S/C14H15ClN2O2S/c1-8(2)20-7-11-16-13(18)12(14(19)17-11)9-5-3-4-6-10(9)15/h3-6,8H,7H2,1-2H3,(H2,16,17,18,19). The smallest absolute Gasteiger partial charge is 0.262 e. The Hall–Kier alpha value is -1.46. The van der Waals surface area contributed by atoms with Gasteiger partial charge in [-0.2, -0.15) is 16.7 Å². The summed E-state index contributed by atoms with van der Waals surface area (Å²) in [6.07, 6.45) is 0. The van der Waals surface area contributed by atoms with E-state index < -0.39 is 0 Å². The van der Waals surface area contributed by atoms with Gasteiger partial charge < -0.3 is 10.1 Å². The quantitative estimate of drug-likeness (QED) is 0.908. The minimum Gasteiger partial charge on any atom is -0.493 e. The zero-order chi connectivity index (χ0) is 14.7. The summed E-state index contributed by atoms with van der Waals surface area (Å²) in [5, 5.41) is 10.8. The number of H-pyrrole nitrogens is 1. The van der Waals surface area contributed by atoms with E-state index in [9.17, 15) is 9.90 Å². The first kappa shape index (κ1) is 14.9. The average molecular weight is 311 g/mol. The second-order valence-electron chi connectivity index (χ2n) is 4.55. The Labute approximate surface area is 126 Å². The van der Waals surface area contributed by atoms with Crippen LogP contribution in [-0.2, 0) is 5.75 Å². The molecule has 4 nitrogen and oxygen atoms in total. The van der Waals surface area contributed by atoms with Crippen LogP contribution in [0.5, 0.6) is 5.88 Å². The Balaban J connectivity index is 2.42. The van der Waals surface area contributed by atoms with E-state index in [0.29, 0.717) is 27.4 Å². The molecule has 1 aromatic carbocycles. The SMILES string of the molecule is CC(C)SCc1nc(O)c(-c2ccccc2Cl)c(=O)[nH]1. The topological polar surface area (TPSA) is 66.0 Å². The zero-order valence-electron chi connectivity index (χ0n) is 11.2. The molecule has 106 valence electrons. The van der Waals surface area contributed by atoms with Gasteiger partial charge in [-0.1, -0.05) is 43.6 Å². The van der Waals surface area contributed by atoms with Crippen molar-refractivity contribution in [3.63, 3.8) is 0 Å². The third kappa shape index (κ3) is 3.35. The molecule has 0 fully saturated rings. The molecule has 0 saturated carbocycles. The summed E-state index contributed by atoms with van der Waals surface area (Å²) in [4.78, 5) is 18.9. The monoisotopic (exact) mass is 310 g/mol. The van der Waals surface area contributed by atoms with Crippen LogP contribution in [0.25, 0.3) is 11.1 Å². The first-order chi connectivity index (χ1) is 9.49. The molecular formula is C14H15ClN2O2S. The molecule has 2 aromatic rings. The van der Waals surface area contributed by atoms with Crippen LogP contribution in [0, 0.1) is 0 Å². The maximum atomic E-state index is 12.1. The van der Waals surface area contributed by atoms with E-state index in [0.717, 1.165) is 0 Å². The van der Waals surface area contributed by atoms with Crippen molar-refractivity contribution in [2.75, 3.05) is 0 Å². The number of nitrogens with one attached hydrogen (secondary N) is 1. The maximum Gasteiger partial charge on any atom is 0.262 e. The first-order valence-corrected chi connectivity index (χ1v) is 7.60. The molecular weight excluding hydrogens is 296 g/mol. The third-order valence-corrected chi connectivity index (χ3v) is 4.08. The number of rotatable bonds is 4. The van der Waals surface area contributed by atoms with Crippen molar-refractivity contribution in [2.45, 2.75) is 24.9 Å². The van der Waals surface area contributed by atoms with Crippen LogP contribution >= 0.6 is 23.4 Å². The van der Waals surface area contributed by atoms with E-state index in [1.807, 2.05) is 0 Å². The van der Waals surface area contributed by atoms with Crippen LogP contribution in [0.15, 0.2) is 29.1 Å². The van der Waals surface area contributed by atoms with Crippen molar-refractivity contribution in [2.24, 2.45) is 0 Å². The Morgan fingerprint density at radius 1 is 1.40 bits per heavy atom. The van der Waals surface area contributed by atoms with Gasteiger partial charge in [0.05, 0.1) is 5.75 Å². The molecule has 0 amide bonds. The summed E-state index contributed by atoms with van der Waals surface area (Å²) >= 11 is 7.69. The molecule has 6 heteroatoms. The maximum absolute atomic E-state index is 12.1. The van der Waals surface area contributed by atoms with E-state index in [-0.39, 0.29) is 17.0 Å². The van der Waals surface area contributed by atoms with Gasteiger partial charge in [0.2, 0.25) is 5.88 Å². The summed E-state index contributed by atoms with van der Waals surface area (Å²) in [5.41, 5.74) is 0.197. The number of benzene rings is 1. The average Bonchev–Trinajstić information content (AvgIpc) is 2.38. The summed E-state index contributed by atoms with van der Waals surface area (Å²) in [7, 11) is 0. The van der Waals surface area contributed by atoms with E-state index >= 15 is 0 Å². The van der Waals surface area contributed by atoms with Gasteiger partial charge >= 0.3 is 0 Å². The van der Waals surface area contributed by atoms with Crippen LogP contribution in [-0.4, -0.2) is 20.3 Å². The van der Waals surface area contributed by atoms with E-state index in [2.05, 4.69) is 23.8 Å². The highest BCUT2D eigenvalue weighted by Gasteiger charge is 2.15. The molecule has 0 aliphatic heterocycles. The molecule has 0 aliphatic rings. The molecule has 0 atom stereocenters. The van der Waals surface area contributed by atoms with Gasteiger partial charge in [-0.3, -0.25) is 4.79 Å². The lowest BCUT2D eigenvalue weighted by Gasteiger charge is -2.08. The van der Waals surface area contributed by atoms with E-state index in [1.165, 1.54) is 0 Å². The molecule has 2 N–H and O–H groups in total. The van der Waals surface area contributed by atoms with Gasteiger partial charge in [0.1, 0.15) is 11.4 Å². The van der Waals surface area contributed by atoms with Crippen molar-refractivity contribution < 1.29 is 5.11 Å². The predicted octanol–water partition coefficient (Wildman–Crippen LogP) is 3.44. The second-order valence-corrected chi connectivity index (χ2v) is 6.52.